The monoisotopic (exact) mass is 278 g/mol. The maximum Gasteiger partial charge on any atom is 0.255 e. The van der Waals surface area contributed by atoms with Gasteiger partial charge in [-0.15, -0.1) is 0 Å². The minimum atomic E-state index is -0.960. The molecule has 1 aliphatic rings. The summed E-state index contributed by atoms with van der Waals surface area (Å²) in [5, 5.41) is 18.9. The van der Waals surface area contributed by atoms with Crippen LogP contribution in [0.3, 0.4) is 0 Å². The van der Waals surface area contributed by atoms with E-state index < -0.39 is 23.9 Å². The predicted molar refractivity (Wildman–Crippen MR) is 70.2 cm³/mol. The Kier molecular flexibility index (Phi) is 4.35. The Hall–Kier alpha value is -1.94. The zero-order chi connectivity index (χ0) is 14.7. The van der Waals surface area contributed by atoms with Crippen molar-refractivity contribution >= 4 is 5.91 Å². The molecule has 1 aromatic rings. The predicted octanol–water partition coefficient (Wildman–Crippen LogP) is -0.687. The second-order valence-electron chi connectivity index (χ2n) is 4.54. The number of amides is 1. The second kappa shape index (κ2) is 6.01. The highest BCUT2D eigenvalue weighted by Gasteiger charge is 2.33. The third-order valence-corrected chi connectivity index (χ3v) is 3.08. The summed E-state index contributed by atoms with van der Waals surface area (Å²) in [4.78, 5) is 13.6. The smallest absolute Gasteiger partial charge is 0.255 e. The molecule has 2 atom stereocenters. The molecule has 5 nitrogen and oxygen atoms in total. The second-order valence-corrected chi connectivity index (χ2v) is 4.54. The highest BCUT2D eigenvalue weighted by atomic mass is 19.1. The zero-order valence-corrected chi connectivity index (χ0v) is 10.7. The van der Waals surface area contributed by atoms with Crippen LogP contribution in [0.1, 0.15) is 15.9 Å². The number of β-amino-alcohol motifs (C(OH)–C–C–N with tert-alkyl or cyclic N) is 2. The normalized spacial score (nSPS) is 21.5. The number of carbonyl (C=O) groups excluding carboxylic acids is 1. The van der Waals surface area contributed by atoms with Crippen LogP contribution in [0, 0.1) is 17.7 Å². The quantitative estimate of drug-likeness (QED) is 0.594. The molecule has 0 bridgehead atoms. The molecule has 1 saturated heterocycles. The first kappa shape index (κ1) is 14.5. The molecule has 1 heterocycles. The Labute approximate surface area is 115 Å². The average molecular weight is 278 g/mol. The maximum atomic E-state index is 13.2. The lowest BCUT2D eigenvalue weighted by Gasteiger charge is -2.16. The molecule has 1 amide bonds. The van der Waals surface area contributed by atoms with Gasteiger partial charge in [0.25, 0.3) is 5.91 Å². The van der Waals surface area contributed by atoms with Crippen molar-refractivity contribution in [1.82, 2.24) is 4.90 Å². The Morgan fingerprint density at radius 3 is 2.65 bits per heavy atom. The van der Waals surface area contributed by atoms with Crippen LogP contribution in [0.15, 0.2) is 18.2 Å². The van der Waals surface area contributed by atoms with Gasteiger partial charge < -0.3 is 20.8 Å². The van der Waals surface area contributed by atoms with E-state index in [2.05, 4.69) is 11.8 Å². The highest BCUT2D eigenvalue weighted by molar-refractivity contribution is 5.97. The fourth-order valence-electron chi connectivity index (χ4n) is 2.06. The Bertz CT molecular complexity index is 570. The molecule has 2 unspecified atom stereocenters. The molecule has 0 spiro atoms. The molecule has 4 N–H and O–H groups in total. The van der Waals surface area contributed by atoms with Crippen LogP contribution < -0.4 is 5.73 Å². The summed E-state index contributed by atoms with van der Waals surface area (Å²) in [5.74, 6) is 4.33. The van der Waals surface area contributed by atoms with Crippen molar-refractivity contribution in [2.24, 2.45) is 5.73 Å². The number of carbonyl (C=O) groups is 1. The van der Waals surface area contributed by atoms with Crippen LogP contribution in [-0.4, -0.2) is 52.9 Å². The van der Waals surface area contributed by atoms with Crippen molar-refractivity contribution in [3.8, 4) is 11.8 Å². The Balaban J connectivity index is 2.30. The fraction of sp³-hybridized carbons (Fsp3) is 0.357. The van der Waals surface area contributed by atoms with E-state index in [0.29, 0.717) is 0 Å². The summed E-state index contributed by atoms with van der Waals surface area (Å²) < 4.78 is 13.2. The van der Waals surface area contributed by atoms with E-state index in [0.717, 1.165) is 0 Å². The van der Waals surface area contributed by atoms with Crippen molar-refractivity contribution in [3.63, 3.8) is 0 Å². The van der Waals surface area contributed by atoms with E-state index in [1.165, 1.54) is 23.1 Å². The molecular formula is C14H15FN2O3. The maximum absolute atomic E-state index is 13.2. The topological polar surface area (TPSA) is 86.8 Å². The first-order valence-corrected chi connectivity index (χ1v) is 6.17. The molecule has 6 heteroatoms. The van der Waals surface area contributed by atoms with E-state index in [9.17, 15) is 19.4 Å². The van der Waals surface area contributed by atoms with E-state index in [1.807, 2.05) is 0 Å². The van der Waals surface area contributed by atoms with Crippen LogP contribution in [0.25, 0.3) is 0 Å². The van der Waals surface area contributed by atoms with Gasteiger partial charge in [-0.2, -0.15) is 0 Å². The molecule has 2 rings (SSSR count). The summed E-state index contributed by atoms with van der Waals surface area (Å²) >= 11 is 0. The minimum absolute atomic E-state index is 0.0428. The van der Waals surface area contributed by atoms with Crippen molar-refractivity contribution in [2.75, 3.05) is 19.6 Å². The lowest BCUT2D eigenvalue weighted by atomic mass is 10.1. The molecular weight excluding hydrogens is 263 g/mol. The molecule has 0 aliphatic carbocycles. The molecule has 0 saturated carbocycles. The number of likely N-dealkylation sites (tertiary alicyclic amines) is 1. The Morgan fingerprint density at radius 2 is 2.05 bits per heavy atom. The molecule has 0 aromatic heterocycles. The summed E-state index contributed by atoms with van der Waals surface area (Å²) in [7, 11) is 0. The van der Waals surface area contributed by atoms with Gasteiger partial charge in [-0.3, -0.25) is 4.79 Å². The van der Waals surface area contributed by atoms with Gasteiger partial charge in [0.05, 0.1) is 24.3 Å². The molecule has 20 heavy (non-hydrogen) atoms. The lowest BCUT2D eigenvalue weighted by molar-refractivity contribution is 0.0572. The van der Waals surface area contributed by atoms with Crippen molar-refractivity contribution in [3.05, 3.63) is 35.1 Å². The van der Waals surface area contributed by atoms with Gasteiger partial charge in [0.2, 0.25) is 0 Å². The van der Waals surface area contributed by atoms with Gasteiger partial charge in [0.1, 0.15) is 5.82 Å². The molecule has 1 aliphatic heterocycles. The van der Waals surface area contributed by atoms with E-state index in [-0.39, 0.29) is 30.8 Å². The number of benzene rings is 1. The number of hydrogen-bond donors (Lipinski definition) is 3. The van der Waals surface area contributed by atoms with Crippen LogP contribution in [-0.2, 0) is 0 Å². The number of halogens is 1. The van der Waals surface area contributed by atoms with E-state index in [1.54, 1.807) is 0 Å². The number of rotatable bonds is 1. The van der Waals surface area contributed by atoms with Gasteiger partial charge in [-0.05, 0) is 18.2 Å². The highest BCUT2D eigenvalue weighted by Crippen LogP contribution is 2.17. The summed E-state index contributed by atoms with van der Waals surface area (Å²) in [6.07, 6.45) is -1.92. The number of nitrogens with two attached hydrogens (primary N) is 1. The summed E-state index contributed by atoms with van der Waals surface area (Å²) in [6.45, 7) is 0.188. The molecule has 0 radical (unpaired) electrons. The largest absolute Gasteiger partial charge is 0.388 e. The number of aliphatic hydroxyl groups excluding tert-OH is 2. The number of nitrogens with zero attached hydrogens (tertiary/aromatic N) is 1. The fourth-order valence-corrected chi connectivity index (χ4v) is 2.06. The van der Waals surface area contributed by atoms with Crippen LogP contribution in [0.2, 0.25) is 0 Å². The first-order chi connectivity index (χ1) is 9.52. The van der Waals surface area contributed by atoms with Crippen LogP contribution in [0.5, 0.6) is 0 Å². The molecule has 1 aromatic carbocycles. The summed E-state index contributed by atoms with van der Waals surface area (Å²) in [6, 6.07) is 3.68. The van der Waals surface area contributed by atoms with Crippen LogP contribution in [0.4, 0.5) is 4.39 Å². The zero-order valence-electron chi connectivity index (χ0n) is 10.7. The van der Waals surface area contributed by atoms with Crippen molar-refractivity contribution in [1.29, 1.82) is 0 Å². The van der Waals surface area contributed by atoms with Gasteiger partial charge in [-0.1, -0.05) is 11.8 Å². The standard InChI is InChI=1S/C14H15FN2O3/c15-10-3-4-11(9(6-10)2-1-5-16)14(20)17-7-12(18)13(19)8-17/h3-4,6,12-13,18-19H,5,7-8,16H2. The number of hydrogen-bond acceptors (Lipinski definition) is 4. The van der Waals surface area contributed by atoms with Gasteiger partial charge >= 0.3 is 0 Å². The van der Waals surface area contributed by atoms with Crippen LogP contribution >= 0.6 is 0 Å². The van der Waals surface area contributed by atoms with E-state index >= 15 is 0 Å². The molecule has 106 valence electrons. The average Bonchev–Trinajstić information content (AvgIpc) is 2.76. The van der Waals surface area contributed by atoms with Gasteiger partial charge in [0.15, 0.2) is 0 Å². The van der Waals surface area contributed by atoms with Gasteiger partial charge in [0, 0.05) is 18.7 Å². The third-order valence-electron chi connectivity index (χ3n) is 3.08. The van der Waals surface area contributed by atoms with E-state index in [4.69, 9.17) is 5.73 Å². The minimum Gasteiger partial charge on any atom is -0.388 e. The SMILES string of the molecule is NCC#Cc1cc(F)ccc1C(=O)N1CC(O)C(O)C1. The van der Waals surface area contributed by atoms with Gasteiger partial charge in [-0.25, -0.2) is 4.39 Å². The number of aliphatic hydroxyl groups is 2. The van der Waals surface area contributed by atoms with Crippen molar-refractivity contribution < 1.29 is 19.4 Å². The lowest BCUT2D eigenvalue weighted by Crippen LogP contribution is -2.30. The summed E-state index contributed by atoms with van der Waals surface area (Å²) in [5.41, 5.74) is 5.75. The first-order valence-electron chi connectivity index (χ1n) is 6.17. The Morgan fingerprint density at radius 1 is 1.40 bits per heavy atom. The third kappa shape index (κ3) is 2.96. The molecule has 1 fully saturated rings. The van der Waals surface area contributed by atoms with Crippen molar-refractivity contribution in [2.45, 2.75) is 12.2 Å².